The maximum absolute atomic E-state index is 12.6. The third-order valence-corrected chi connectivity index (χ3v) is 4.95. The molecule has 3 aromatic heterocycles. The van der Waals surface area contributed by atoms with E-state index < -0.39 is 23.9 Å². The molecule has 9 nitrogen and oxygen atoms in total. The number of esters is 1. The third-order valence-electron chi connectivity index (χ3n) is 4.07. The Morgan fingerprint density at radius 1 is 1.31 bits per heavy atom. The maximum Gasteiger partial charge on any atom is 0.325 e. The molecular formula is C19H20N4O5S. The van der Waals surface area contributed by atoms with Gasteiger partial charge in [-0.15, -0.1) is 11.3 Å². The van der Waals surface area contributed by atoms with E-state index in [4.69, 9.17) is 9.84 Å². The lowest BCUT2D eigenvalue weighted by atomic mass is 10.2. The van der Waals surface area contributed by atoms with Crippen molar-refractivity contribution in [2.75, 3.05) is 18.5 Å². The van der Waals surface area contributed by atoms with Crippen LogP contribution in [0.4, 0.5) is 5.82 Å². The quantitative estimate of drug-likeness (QED) is 0.481. The van der Waals surface area contributed by atoms with Crippen LogP contribution in [0.1, 0.15) is 24.2 Å². The van der Waals surface area contributed by atoms with Crippen LogP contribution in [0.3, 0.4) is 0 Å². The van der Waals surface area contributed by atoms with Gasteiger partial charge in [-0.05, 0) is 37.4 Å². The summed E-state index contributed by atoms with van der Waals surface area (Å²) in [6.45, 7) is 3.32. The first-order valence-corrected chi connectivity index (χ1v) is 9.78. The Morgan fingerprint density at radius 2 is 2.10 bits per heavy atom. The number of fused-ring (bicyclic) bond motifs is 1. The molecule has 0 saturated heterocycles. The van der Waals surface area contributed by atoms with E-state index in [-0.39, 0.29) is 18.7 Å². The number of carbonyl (C=O) groups excluding carboxylic acids is 2. The molecule has 0 aliphatic heterocycles. The summed E-state index contributed by atoms with van der Waals surface area (Å²) in [6, 6.07) is 5.94. The molecule has 0 aliphatic carbocycles. The van der Waals surface area contributed by atoms with Crippen molar-refractivity contribution >= 4 is 40.6 Å². The molecule has 152 valence electrons. The van der Waals surface area contributed by atoms with Gasteiger partial charge in [0.1, 0.15) is 24.1 Å². The fraction of sp³-hybridized carbons (Fsp3) is 0.263. The number of pyridine rings is 1. The van der Waals surface area contributed by atoms with Crippen LogP contribution in [0.5, 0.6) is 0 Å². The lowest BCUT2D eigenvalue weighted by molar-refractivity contribution is -0.141. The van der Waals surface area contributed by atoms with Gasteiger partial charge < -0.3 is 20.5 Å². The lowest BCUT2D eigenvalue weighted by Gasteiger charge is -2.10. The summed E-state index contributed by atoms with van der Waals surface area (Å²) in [7, 11) is 0. The van der Waals surface area contributed by atoms with Crippen LogP contribution in [0.2, 0.25) is 0 Å². The Morgan fingerprint density at radius 3 is 2.76 bits per heavy atom. The Labute approximate surface area is 170 Å². The number of aliphatic carboxylic acids is 1. The number of hydrogen-bond acceptors (Lipinski definition) is 7. The van der Waals surface area contributed by atoms with Crippen LogP contribution in [0, 0.1) is 0 Å². The van der Waals surface area contributed by atoms with Gasteiger partial charge in [-0.3, -0.25) is 18.8 Å². The number of aromatic nitrogens is 2. The van der Waals surface area contributed by atoms with Crippen LogP contribution in [0.25, 0.3) is 16.2 Å². The van der Waals surface area contributed by atoms with Crippen LogP contribution in [-0.4, -0.2) is 51.5 Å². The van der Waals surface area contributed by atoms with E-state index in [1.807, 2.05) is 17.5 Å². The maximum atomic E-state index is 12.6. The van der Waals surface area contributed by atoms with Crippen molar-refractivity contribution < 1.29 is 24.2 Å². The molecule has 3 aromatic rings. The highest BCUT2D eigenvalue weighted by Crippen LogP contribution is 2.32. The predicted molar refractivity (Wildman–Crippen MR) is 108 cm³/mol. The van der Waals surface area contributed by atoms with E-state index >= 15 is 0 Å². The number of nitrogens with zero attached hydrogens (tertiary/aromatic N) is 2. The average Bonchev–Trinajstić information content (AvgIpc) is 3.33. The van der Waals surface area contributed by atoms with Gasteiger partial charge in [0.2, 0.25) is 0 Å². The second-order valence-electron chi connectivity index (χ2n) is 6.09. The summed E-state index contributed by atoms with van der Waals surface area (Å²) in [6.07, 6.45) is 1.71. The van der Waals surface area contributed by atoms with Crippen molar-refractivity contribution in [3.05, 3.63) is 41.4 Å². The molecule has 0 saturated carbocycles. The minimum atomic E-state index is -1.13. The highest BCUT2D eigenvalue weighted by atomic mass is 32.1. The number of carboxylic acid groups (broad SMARTS) is 1. The zero-order valence-electron chi connectivity index (χ0n) is 15.8. The molecule has 3 N–H and O–H groups in total. The van der Waals surface area contributed by atoms with Gasteiger partial charge in [0.15, 0.2) is 5.65 Å². The molecule has 0 bridgehead atoms. The summed E-state index contributed by atoms with van der Waals surface area (Å²) < 4.78 is 6.62. The number of carbonyl (C=O) groups is 3. The normalized spacial score (nSPS) is 11.8. The number of rotatable bonds is 8. The second-order valence-corrected chi connectivity index (χ2v) is 7.04. The first-order valence-electron chi connectivity index (χ1n) is 8.90. The zero-order chi connectivity index (χ0) is 21.0. The van der Waals surface area contributed by atoms with Gasteiger partial charge in [0.05, 0.1) is 17.0 Å². The highest BCUT2D eigenvalue weighted by molar-refractivity contribution is 7.13. The number of nitrogens with one attached hydrogen (secondary N) is 2. The van der Waals surface area contributed by atoms with E-state index in [1.54, 1.807) is 29.7 Å². The van der Waals surface area contributed by atoms with Crippen LogP contribution < -0.4 is 10.6 Å². The lowest BCUT2D eigenvalue weighted by Crippen LogP contribution is -2.38. The topological polar surface area (TPSA) is 122 Å². The van der Waals surface area contributed by atoms with Crippen molar-refractivity contribution in [1.82, 2.24) is 14.7 Å². The smallest absolute Gasteiger partial charge is 0.325 e. The number of amides is 1. The predicted octanol–water partition coefficient (Wildman–Crippen LogP) is 2.24. The minimum absolute atomic E-state index is 0.0630. The molecule has 0 radical (unpaired) electrons. The first-order chi connectivity index (χ1) is 13.9. The summed E-state index contributed by atoms with van der Waals surface area (Å²) >= 11 is 1.47. The molecule has 1 amide bonds. The Bertz CT molecular complexity index is 1040. The Kier molecular flexibility index (Phi) is 6.13. The van der Waals surface area contributed by atoms with E-state index in [2.05, 4.69) is 15.6 Å². The Balaban J connectivity index is 2.04. The number of anilines is 1. The van der Waals surface area contributed by atoms with Crippen molar-refractivity contribution in [1.29, 1.82) is 0 Å². The molecule has 3 heterocycles. The second kappa shape index (κ2) is 8.74. The van der Waals surface area contributed by atoms with Gasteiger partial charge in [0.25, 0.3) is 5.91 Å². The fourth-order valence-corrected chi connectivity index (χ4v) is 3.42. The first kappa shape index (κ1) is 20.3. The van der Waals surface area contributed by atoms with Gasteiger partial charge in [-0.1, -0.05) is 6.07 Å². The Hall–Kier alpha value is -3.40. The zero-order valence-corrected chi connectivity index (χ0v) is 16.7. The fourth-order valence-electron chi connectivity index (χ4n) is 2.70. The van der Waals surface area contributed by atoms with E-state index in [9.17, 15) is 14.4 Å². The highest BCUT2D eigenvalue weighted by Gasteiger charge is 2.22. The van der Waals surface area contributed by atoms with Gasteiger partial charge in [-0.2, -0.15) is 0 Å². The standard InChI is InChI=1S/C19H20N4O5S/c1-3-28-14(24)10-20-17-15(13-7-5-9-29-13)22-16-12(6-4-8-23(16)17)18(25)21-11(2)19(26)27/h4-9,11,20H,3,10H2,1-2H3,(H,21,25)(H,26,27). The molecule has 10 heteroatoms. The number of hydrogen-bond donors (Lipinski definition) is 3. The summed E-state index contributed by atoms with van der Waals surface area (Å²) in [4.78, 5) is 40.9. The average molecular weight is 416 g/mol. The van der Waals surface area contributed by atoms with Crippen molar-refractivity contribution in [2.24, 2.45) is 0 Å². The van der Waals surface area contributed by atoms with Crippen LogP contribution in [-0.2, 0) is 14.3 Å². The summed E-state index contributed by atoms with van der Waals surface area (Å²) in [5, 5.41) is 16.4. The van der Waals surface area contributed by atoms with Gasteiger partial charge >= 0.3 is 11.9 Å². The summed E-state index contributed by atoms with van der Waals surface area (Å²) in [5.41, 5.74) is 1.15. The van der Waals surface area contributed by atoms with Crippen molar-refractivity contribution in [2.45, 2.75) is 19.9 Å². The van der Waals surface area contributed by atoms with E-state index in [0.717, 1.165) is 4.88 Å². The molecule has 1 unspecified atom stereocenters. The largest absolute Gasteiger partial charge is 0.480 e. The molecular weight excluding hydrogens is 396 g/mol. The van der Waals surface area contributed by atoms with Crippen molar-refractivity contribution in [3.63, 3.8) is 0 Å². The van der Waals surface area contributed by atoms with Crippen molar-refractivity contribution in [3.8, 4) is 10.6 Å². The minimum Gasteiger partial charge on any atom is -0.480 e. The third kappa shape index (κ3) is 4.37. The molecule has 0 fully saturated rings. The summed E-state index contributed by atoms with van der Waals surface area (Å²) in [5.74, 6) is -1.56. The van der Waals surface area contributed by atoms with Crippen LogP contribution >= 0.6 is 11.3 Å². The van der Waals surface area contributed by atoms with E-state index in [1.165, 1.54) is 18.3 Å². The number of ether oxygens (including phenoxy) is 1. The molecule has 0 aliphatic rings. The van der Waals surface area contributed by atoms with Crippen LogP contribution in [0.15, 0.2) is 35.8 Å². The van der Waals surface area contributed by atoms with Gasteiger partial charge in [-0.25, -0.2) is 4.98 Å². The molecule has 0 aromatic carbocycles. The molecule has 29 heavy (non-hydrogen) atoms. The monoisotopic (exact) mass is 416 g/mol. The molecule has 3 rings (SSSR count). The van der Waals surface area contributed by atoms with Gasteiger partial charge in [0, 0.05) is 6.20 Å². The number of imidazole rings is 1. The molecule has 1 atom stereocenters. The number of carboxylic acids is 1. The van der Waals surface area contributed by atoms with E-state index in [0.29, 0.717) is 17.2 Å². The number of thiophene rings is 1. The molecule has 0 spiro atoms. The SMILES string of the molecule is CCOC(=O)CNc1c(-c2cccs2)nc2c(C(=O)NC(C)C(=O)O)cccn12.